The molecule has 0 aromatic carbocycles. The number of primary amides is 1. The molecule has 1 saturated heterocycles. The maximum Gasteiger partial charge on any atom is 0.327 e. The third-order valence-electron chi connectivity index (χ3n) is 11.2. The molecule has 0 aliphatic carbocycles. The Labute approximate surface area is 397 Å². The van der Waals surface area contributed by atoms with Gasteiger partial charge in [-0.25, -0.2) is 4.79 Å². The van der Waals surface area contributed by atoms with E-state index in [-0.39, 0.29) is 63.5 Å². The van der Waals surface area contributed by atoms with Crippen molar-refractivity contribution in [1.29, 1.82) is 0 Å². The Morgan fingerprint density at radius 2 is 1.21 bits per heavy atom. The number of rotatable bonds is 33. The van der Waals surface area contributed by atoms with Gasteiger partial charge in [-0.05, 0) is 96.6 Å². The first kappa shape index (κ1) is 59.7. The van der Waals surface area contributed by atoms with Gasteiger partial charge in [0.25, 0.3) is 0 Å². The molecule has 0 bridgehead atoms. The normalized spacial score (nSPS) is 17.4. The van der Waals surface area contributed by atoms with Crippen molar-refractivity contribution in [3.8, 4) is 0 Å². The number of carbonyl (C=O) groups excluding carboxylic acids is 8. The summed E-state index contributed by atoms with van der Waals surface area (Å²) < 4.78 is 0. The number of unbranched alkanes of at least 4 members (excludes halogenated alkanes) is 2. The fourth-order valence-electron chi connectivity index (χ4n) is 7.10. The van der Waals surface area contributed by atoms with Crippen LogP contribution in [-0.2, 0) is 43.2 Å². The molecule has 1 rings (SSSR count). The van der Waals surface area contributed by atoms with E-state index in [1.807, 2.05) is 0 Å². The fraction of sp³-hybridized carbons (Fsp3) is 0.756. The predicted octanol–water partition coefficient (Wildman–Crippen LogP) is -4.77. The minimum absolute atomic E-state index is 0.0309. The lowest BCUT2D eigenvalue weighted by molar-refractivity contribution is -0.142. The van der Waals surface area contributed by atoms with Crippen molar-refractivity contribution >= 4 is 71.8 Å². The number of thiol groups is 1. The van der Waals surface area contributed by atoms with Crippen LogP contribution in [0.5, 0.6) is 0 Å². The van der Waals surface area contributed by atoms with Crippen LogP contribution in [-0.4, -0.2) is 161 Å². The van der Waals surface area contributed by atoms with Crippen molar-refractivity contribution in [3.05, 3.63) is 0 Å². The monoisotopic (exact) mass is 973 g/mol. The predicted molar refractivity (Wildman–Crippen MR) is 251 cm³/mol. The van der Waals surface area contributed by atoms with Gasteiger partial charge in [0, 0.05) is 25.3 Å². The molecule has 0 radical (unpaired) electrons. The number of nitrogens with one attached hydrogen (secondary N) is 6. The molecule has 382 valence electrons. The molecule has 10 unspecified atom stereocenters. The van der Waals surface area contributed by atoms with Crippen molar-refractivity contribution in [2.24, 2.45) is 45.3 Å². The molecule has 67 heavy (non-hydrogen) atoms. The number of aliphatic hydroxyl groups is 1. The lowest BCUT2D eigenvalue weighted by atomic mass is 9.96. The average molecular weight is 973 g/mol. The minimum Gasteiger partial charge on any atom is -0.480 e. The van der Waals surface area contributed by atoms with E-state index in [1.165, 1.54) is 11.8 Å². The van der Waals surface area contributed by atoms with Crippen molar-refractivity contribution < 1.29 is 53.4 Å². The highest BCUT2D eigenvalue weighted by Crippen LogP contribution is 2.20. The number of aliphatic hydroxyl groups excluding tert-OH is 1. The molecule has 1 fully saturated rings. The number of aliphatic imine (C=N–C) groups is 1. The Balaban J connectivity index is 3.38. The van der Waals surface area contributed by atoms with Crippen LogP contribution >= 0.6 is 12.6 Å². The lowest BCUT2D eigenvalue weighted by Gasteiger charge is -2.30. The molecule has 0 aromatic rings. The molecular formula is C41H76N14O11S. The Bertz CT molecular complexity index is 1690. The Kier molecular flexibility index (Phi) is 28.2. The third-order valence-corrected chi connectivity index (χ3v) is 11.6. The van der Waals surface area contributed by atoms with Crippen molar-refractivity contribution in [3.63, 3.8) is 0 Å². The molecular weight excluding hydrogens is 897 g/mol. The summed E-state index contributed by atoms with van der Waals surface area (Å²) in [6, 6.07) is -10.3. The molecule has 1 aliphatic heterocycles. The molecule has 10 atom stereocenters. The third kappa shape index (κ3) is 21.5. The molecule has 0 saturated carbocycles. The van der Waals surface area contributed by atoms with E-state index in [0.29, 0.717) is 57.9 Å². The van der Waals surface area contributed by atoms with E-state index in [1.54, 1.807) is 13.8 Å². The lowest BCUT2D eigenvalue weighted by Crippen LogP contribution is -2.61. The van der Waals surface area contributed by atoms with Gasteiger partial charge >= 0.3 is 5.97 Å². The maximum atomic E-state index is 14.1. The summed E-state index contributed by atoms with van der Waals surface area (Å²) in [6.07, 6.45) is 1.37. The average Bonchev–Trinajstić information content (AvgIpc) is 3.77. The van der Waals surface area contributed by atoms with E-state index in [0.717, 1.165) is 0 Å². The zero-order valence-electron chi connectivity index (χ0n) is 38.9. The van der Waals surface area contributed by atoms with Crippen LogP contribution in [0.2, 0.25) is 0 Å². The Morgan fingerprint density at radius 3 is 1.72 bits per heavy atom. The number of carboxylic acid groups (broad SMARTS) is 1. The topological polar surface area (TPSA) is 438 Å². The quantitative estimate of drug-likeness (QED) is 0.0127. The standard InChI is InChI=1S/C41H76N14O11S/c1-4-22(2)31(53-34(59)26(13-6-8-18-43)50-36(61)29-14-10-20-55(29)39(64)24(44)11-9-19-48-41(46)47)37(62)51-27(15-16-30(45)57)33(58)49-25(12-5-7-17-42)35(60)54-32(23(3)56)38(63)52-28(21-67)40(65)66/h22-29,31-32,56,67H,4-21,42-44H2,1-3H3,(H2,45,57)(H,49,58)(H,50,61)(H,51,62)(H,52,63)(H,53,59)(H,54,60)(H,65,66)(H4,46,47,48). The zero-order valence-corrected chi connectivity index (χ0v) is 39.8. The van der Waals surface area contributed by atoms with Gasteiger partial charge in [0.15, 0.2) is 5.96 Å². The number of carboxylic acids is 1. The summed E-state index contributed by atoms with van der Waals surface area (Å²) in [4.78, 5) is 125. The van der Waals surface area contributed by atoms with Crippen molar-refractivity contribution in [2.75, 3.05) is 31.9 Å². The second-order valence-corrected chi connectivity index (χ2v) is 17.0. The Morgan fingerprint density at radius 1 is 0.701 bits per heavy atom. The fourth-order valence-corrected chi connectivity index (χ4v) is 7.35. The van der Waals surface area contributed by atoms with Crippen LogP contribution in [0, 0.1) is 5.92 Å². The van der Waals surface area contributed by atoms with Gasteiger partial charge < -0.3 is 81.4 Å². The maximum absolute atomic E-state index is 14.1. The summed E-state index contributed by atoms with van der Waals surface area (Å²) in [6.45, 7) is 5.70. The van der Waals surface area contributed by atoms with Gasteiger partial charge in [-0.15, -0.1) is 0 Å². The SMILES string of the molecule is CCC(C)C(NC(=O)C(CCCCN)NC(=O)C1CCCN1C(=O)C(N)CCCN=C(N)N)C(=O)NC(CCC(N)=O)C(=O)NC(CCCCN)C(=O)NC(C(=O)NC(CS)C(=O)O)C(C)O. The van der Waals surface area contributed by atoms with E-state index < -0.39 is 114 Å². The largest absolute Gasteiger partial charge is 0.480 e. The molecule has 25 nitrogen and oxygen atoms in total. The van der Waals surface area contributed by atoms with Gasteiger partial charge in [-0.2, -0.15) is 12.6 Å². The van der Waals surface area contributed by atoms with Gasteiger partial charge in [0.05, 0.1) is 12.1 Å². The zero-order chi connectivity index (χ0) is 50.8. The van der Waals surface area contributed by atoms with Crippen LogP contribution in [0.25, 0.3) is 0 Å². The summed E-state index contributed by atoms with van der Waals surface area (Å²) in [5, 5.41) is 34.9. The number of aliphatic carboxylic acids is 1. The van der Waals surface area contributed by atoms with E-state index in [4.69, 9.17) is 34.4 Å². The summed E-state index contributed by atoms with van der Waals surface area (Å²) in [7, 11) is 0. The highest BCUT2D eigenvalue weighted by Gasteiger charge is 2.39. The first-order valence-corrected chi connectivity index (χ1v) is 23.4. The molecule has 26 heteroatoms. The molecule has 0 spiro atoms. The number of hydrogen-bond acceptors (Lipinski definition) is 15. The van der Waals surface area contributed by atoms with Gasteiger partial charge in [0.1, 0.15) is 42.3 Å². The highest BCUT2D eigenvalue weighted by molar-refractivity contribution is 7.80. The molecule has 1 heterocycles. The van der Waals surface area contributed by atoms with Crippen LogP contribution < -0.4 is 66.3 Å². The van der Waals surface area contributed by atoms with Gasteiger partial charge in [-0.1, -0.05) is 20.3 Å². The number of amides is 8. The first-order valence-electron chi connectivity index (χ1n) is 22.8. The number of nitrogens with two attached hydrogens (primary N) is 6. The van der Waals surface area contributed by atoms with Crippen molar-refractivity contribution in [1.82, 2.24) is 36.8 Å². The minimum atomic E-state index is -1.66. The molecule has 8 amide bonds. The smallest absolute Gasteiger partial charge is 0.327 e. The second kappa shape index (κ2) is 31.6. The summed E-state index contributed by atoms with van der Waals surface area (Å²) >= 11 is 3.91. The summed E-state index contributed by atoms with van der Waals surface area (Å²) in [5.74, 6) is -8.67. The summed E-state index contributed by atoms with van der Waals surface area (Å²) in [5.41, 5.74) is 33.7. The second-order valence-electron chi connectivity index (χ2n) is 16.7. The Hall–Kier alpha value is -5.31. The van der Waals surface area contributed by atoms with Gasteiger partial charge in [0.2, 0.25) is 47.3 Å². The number of hydrogen-bond donors (Lipinski definition) is 15. The van der Waals surface area contributed by atoms with E-state index in [2.05, 4.69) is 49.5 Å². The van der Waals surface area contributed by atoms with Gasteiger partial charge in [-0.3, -0.25) is 43.3 Å². The number of likely N-dealkylation sites (tertiary alicyclic amines) is 1. The van der Waals surface area contributed by atoms with Crippen LogP contribution in [0.3, 0.4) is 0 Å². The van der Waals surface area contributed by atoms with Crippen LogP contribution in [0.4, 0.5) is 0 Å². The van der Waals surface area contributed by atoms with Crippen LogP contribution in [0.1, 0.15) is 104 Å². The number of guanidine groups is 1. The first-order chi connectivity index (χ1) is 31.6. The molecule has 20 N–H and O–H groups in total. The number of nitrogens with zero attached hydrogens (tertiary/aromatic N) is 2. The molecule has 0 aromatic heterocycles. The number of carbonyl (C=O) groups is 9. The van der Waals surface area contributed by atoms with Crippen LogP contribution in [0.15, 0.2) is 4.99 Å². The van der Waals surface area contributed by atoms with E-state index in [9.17, 15) is 53.4 Å². The van der Waals surface area contributed by atoms with Crippen molar-refractivity contribution in [2.45, 2.75) is 159 Å². The van der Waals surface area contributed by atoms with E-state index >= 15 is 0 Å². The molecule has 1 aliphatic rings. The highest BCUT2D eigenvalue weighted by atomic mass is 32.1.